The summed E-state index contributed by atoms with van der Waals surface area (Å²) in [6.45, 7) is 0. The minimum absolute atomic E-state index is 0.0353. The van der Waals surface area contributed by atoms with Gasteiger partial charge >= 0.3 is 6.09 Å². The van der Waals surface area contributed by atoms with E-state index in [1.807, 2.05) is 0 Å². The first-order valence-corrected chi connectivity index (χ1v) is 3.76. The summed E-state index contributed by atoms with van der Waals surface area (Å²) >= 11 is 0. The van der Waals surface area contributed by atoms with Gasteiger partial charge in [0.1, 0.15) is 0 Å². The molecule has 0 radical (unpaired) electrons. The van der Waals surface area contributed by atoms with Crippen molar-refractivity contribution in [1.29, 1.82) is 0 Å². The van der Waals surface area contributed by atoms with Crippen LogP contribution in [0.15, 0.2) is 5.11 Å². The van der Waals surface area contributed by atoms with Crippen LogP contribution in [0.25, 0.3) is 10.4 Å². The predicted octanol–water partition coefficient (Wildman–Crippen LogP) is 1.49. The standard InChI is InChI=1S/C6H10N4O2/c7-10-9-5-2-1-4(3-5)8-6(11)12/h4-5,8H,1-3H2,(H,11,12). The van der Waals surface area contributed by atoms with E-state index in [4.69, 9.17) is 10.6 Å². The molecule has 0 spiro atoms. The molecular weight excluding hydrogens is 160 g/mol. The van der Waals surface area contributed by atoms with Crippen molar-refractivity contribution in [3.8, 4) is 0 Å². The van der Waals surface area contributed by atoms with Crippen LogP contribution in [-0.4, -0.2) is 23.3 Å². The zero-order valence-corrected chi connectivity index (χ0v) is 6.47. The van der Waals surface area contributed by atoms with E-state index in [9.17, 15) is 4.79 Å². The first kappa shape index (κ1) is 8.67. The molecule has 0 bridgehead atoms. The fourth-order valence-electron chi connectivity index (χ4n) is 1.44. The number of nitrogens with zero attached hydrogens (tertiary/aromatic N) is 3. The van der Waals surface area contributed by atoms with E-state index in [1.54, 1.807) is 0 Å². The van der Waals surface area contributed by atoms with Crippen LogP contribution in [0.4, 0.5) is 4.79 Å². The summed E-state index contributed by atoms with van der Waals surface area (Å²) in [5.74, 6) is 0. The Morgan fingerprint density at radius 2 is 2.42 bits per heavy atom. The topological polar surface area (TPSA) is 98.1 Å². The lowest BCUT2D eigenvalue weighted by Gasteiger charge is -2.07. The van der Waals surface area contributed by atoms with E-state index in [0.717, 1.165) is 12.8 Å². The molecule has 2 atom stereocenters. The molecule has 6 nitrogen and oxygen atoms in total. The molecule has 1 aliphatic carbocycles. The van der Waals surface area contributed by atoms with Gasteiger partial charge in [0.15, 0.2) is 0 Å². The third-order valence-electron chi connectivity index (χ3n) is 1.95. The largest absolute Gasteiger partial charge is 0.465 e. The van der Waals surface area contributed by atoms with Crippen LogP contribution >= 0.6 is 0 Å². The Kier molecular flexibility index (Phi) is 2.76. The molecule has 0 saturated heterocycles. The third-order valence-corrected chi connectivity index (χ3v) is 1.95. The van der Waals surface area contributed by atoms with Gasteiger partial charge in [-0.25, -0.2) is 4.79 Å². The number of carboxylic acid groups (broad SMARTS) is 1. The van der Waals surface area contributed by atoms with Gasteiger partial charge < -0.3 is 10.4 Å². The minimum atomic E-state index is -1.01. The van der Waals surface area contributed by atoms with Crippen molar-refractivity contribution in [1.82, 2.24) is 5.32 Å². The second-order valence-electron chi connectivity index (χ2n) is 2.82. The van der Waals surface area contributed by atoms with Crippen LogP contribution in [0.3, 0.4) is 0 Å². The summed E-state index contributed by atoms with van der Waals surface area (Å²) in [5, 5.41) is 14.3. The van der Waals surface area contributed by atoms with Gasteiger partial charge in [0.25, 0.3) is 0 Å². The van der Waals surface area contributed by atoms with Gasteiger partial charge in [0.05, 0.1) is 0 Å². The number of azide groups is 1. The number of carbonyl (C=O) groups is 1. The van der Waals surface area contributed by atoms with Gasteiger partial charge in [-0.05, 0) is 24.8 Å². The van der Waals surface area contributed by atoms with Crippen LogP contribution in [0.5, 0.6) is 0 Å². The van der Waals surface area contributed by atoms with E-state index in [0.29, 0.717) is 6.42 Å². The summed E-state index contributed by atoms with van der Waals surface area (Å²) in [5.41, 5.74) is 8.12. The maximum absolute atomic E-state index is 10.2. The fraction of sp³-hybridized carbons (Fsp3) is 0.833. The zero-order valence-electron chi connectivity index (χ0n) is 6.47. The Bertz CT molecular complexity index is 224. The van der Waals surface area contributed by atoms with Crippen molar-refractivity contribution in [2.75, 3.05) is 0 Å². The second kappa shape index (κ2) is 3.82. The predicted molar refractivity (Wildman–Crippen MR) is 41.7 cm³/mol. The van der Waals surface area contributed by atoms with Crippen LogP contribution in [0.2, 0.25) is 0 Å². The molecule has 2 unspecified atom stereocenters. The zero-order chi connectivity index (χ0) is 8.97. The highest BCUT2D eigenvalue weighted by Gasteiger charge is 2.24. The number of hydrogen-bond donors (Lipinski definition) is 2. The summed E-state index contributed by atoms with van der Waals surface area (Å²) in [6.07, 6.45) is 1.14. The molecule has 0 heterocycles. The summed E-state index contributed by atoms with van der Waals surface area (Å²) in [6, 6.07) is -0.0788. The van der Waals surface area contributed by atoms with Crippen molar-refractivity contribution < 1.29 is 9.90 Å². The number of rotatable bonds is 2. The molecule has 0 aromatic carbocycles. The Hall–Kier alpha value is -1.42. The van der Waals surface area contributed by atoms with Gasteiger partial charge in [-0.2, -0.15) is 0 Å². The van der Waals surface area contributed by atoms with Crippen molar-refractivity contribution in [3.63, 3.8) is 0 Å². The van der Waals surface area contributed by atoms with E-state index >= 15 is 0 Å². The number of hydrogen-bond acceptors (Lipinski definition) is 2. The van der Waals surface area contributed by atoms with Gasteiger partial charge in [-0.15, -0.1) is 0 Å². The average Bonchev–Trinajstić information content (AvgIpc) is 2.36. The molecule has 1 aliphatic rings. The monoisotopic (exact) mass is 170 g/mol. The van der Waals surface area contributed by atoms with Crippen LogP contribution < -0.4 is 5.32 Å². The van der Waals surface area contributed by atoms with Crippen LogP contribution in [-0.2, 0) is 0 Å². The molecule has 0 aromatic heterocycles. The Labute approximate surface area is 69.2 Å². The van der Waals surface area contributed by atoms with Crippen molar-refractivity contribution in [2.45, 2.75) is 31.3 Å². The quantitative estimate of drug-likeness (QED) is 0.372. The first-order valence-electron chi connectivity index (χ1n) is 3.76. The molecule has 2 N–H and O–H groups in total. The Morgan fingerprint density at radius 1 is 1.67 bits per heavy atom. The molecule has 66 valence electrons. The molecule has 1 amide bonds. The van der Waals surface area contributed by atoms with Crippen molar-refractivity contribution in [3.05, 3.63) is 10.4 Å². The van der Waals surface area contributed by atoms with E-state index in [2.05, 4.69) is 15.3 Å². The van der Waals surface area contributed by atoms with Gasteiger partial charge in [-0.1, -0.05) is 5.11 Å². The molecule has 1 fully saturated rings. The highest BCUT2D eigenvalue weighted by atomic mass is 16.4. The lowest BCUT2D eigenvalue weighted by molar-refractivity contribution is 0.190. The Balaban J connectivity index is 2.35. The normalized spacial score (nSPS) is 27.7. The van der Waals surface area contributed by atoms with E-state index in [1.165, 1.54) is 0 Å². The molecular formula is C6H10N4O2. The molecule has 0 aliphatic heterocycles. The minimum Gasteiger partial charge on any atom is -0.465 e. The lowest BCUT2D eigenvalue weighted by atomic mass is 10.2. The molecule has 0 aromatic rings. The number of amides is 1. The first-order chi connectivity index (χ1) is 5.72. The summed E-state index contributed by atoms with van der Waals surface area (Å²) in [7, 11) is 0. The molecule has 1 rings (SSSR count). The van der Waals surface area contributed by atoms with Crippen molar-refractivity contribution >= 4 is 6.09 Å². The highest BCUT2D eigenvalue weighted by Crippen LogP contribution is 2.21. The molecule has 1 saturated carbocycles. The average molecular weight is 170 g/mol. The van der Waals surface area contributed by atoms with E-state index in [-0.39, 0.29) is 12.1 Å². The van der Waals surface area contributed by atoms with E-state index < -0.39 is 6.09 Å². The van der Waals surface area contributed by atoms with Crippen molar-refractivity contribution in [2.24, 2.45) is 5.11 Å². The third kappa shape index (κ3) is 2.32. The second-order valence-corrected chi connectivity index (χ2v) is 2.82. The smallest absolute Gasteiger partial charge is 0.404 e. The number of nitrogens with one attached hydrogen (secondary N) is 1. The molecule has 6 heteroatoms. The van der Waals surface area contributed by atoms with Gasteiger partial charge in [0.2, 0.25) is 0 Å². The Morgan fingerprint density at radius 3 is 3.00 bits per heavy atom. The van der Waals surface area contributed by atoms with Gasteiger partial charge in [0, 0.05) is 17.0 Å². The van der Waals surface area contributed by atoms with Crippen LogP contribution in [0.1, 0.15) is 19.3 Å². The fourth-order valence-corrected chi connectivity index (χ4v) is 1.44. The SMILES string of the molecule is [N-]=[N+]=NC1CCC(NC(=O)O)C1. The lowest BCUT2D eigenvalue weighted by Crippen LogP contribution is -2.31. The van der Waals surface area contributed by atoms with Crippen LogP contribution in [0, 0.1) is 0 Å². The highest BCUT2D eigenvalue weighted by molar-refractivity contribution is 5.64. The molecule has 12 heavy (non-hydrogen) atoms. The summed E-state index contributed by atoms with van der Waals surface area (Å²) in [4.78, 5) is 12.9. The summed E-state index contributed by atoms with van der Waals surface area (Å²) < 4.78 is 0. The maximum Gasteiger partial charge on any atom is 0.404 e. The van der Waals surface area contributed by atoms with Gasteiger partial charge in [-0.3, -0.25) is 0 Å². The maximum atomic E-state index is 10.2.